The summed E-state index contributed by atoms with van der Waals surface area (Å²) >= 11 is 6.15. The average Bonchev–Trinajstić information content (AvgIpc) is 3.50. The van der Waals surface area contributed by atoms with Crippen LogP contribution in [0.15, 0.2) is 24.3 Å². The molecule has 2 amide bonds. The second-order valence-corrected chi connectivity index (χ2v) is 8.52. The van der Waals surface area contributed by atoms with Crippen molar-refractivity contribution < 1.29 is 22.8 Å². The van der Waals surface area contributed by atoms with Crippen molar-refractivity contribution in [1.29, 1.82) is 0 Å². The topological polar surface area (TPSA) is 67.2 Å². The summed E-state index contributed by atoms with van der Waals surface area (Å²) in [6.45, 7) is 2.74. The number of hydrogen-bond acceptors (Lipinski definition) is 3. The van der Waals surface area contributed by atoms with Crippen molar-refractivity contribution in [2.45, 2.75) is 38.8 Å². The zero-order valence-electron chi connectivity index (χ0n) is 16.9. The van der Waals surface area contributed by atoms with Gasteiger partial charge in [-0.3, -0.25) is 9.59 Å². The quantitative estimate of drug-likeness (QED) is 0.742. The van der Waals surface area contributed by atoms with Crippen molar-refractivity contribution in [1.82, 2.24) is 14.7 Å². The van der Waals surface area contributed by atoms with E-state index in [1.807, 2.05) is 4.90 Å². The third kappa shape index (κ3) is 4.71. The summed E-state index contributed by atoms with van der Waals surface area (Å²) in [4.78, 5) is 26.8. The number of rotatable bonds is 4. The molecule has 1 saturated heterocycles. The molecule has 31 heavy (non-hydrogen) atoms. The van der Waals surface area contributed by atoms with Crippen molar-refractivity contribution in [3.8, 4) is 5.69 Å². The number of carbonyl (C=O) groups is 2. The largest absolute Gasteiger partial charge is 0.416 e. The van der Waals surface area contributed by atoms with Gasteiger partial charge < -0.3 is 10.2 Å². The standard InChI is InChI=1S/C21H22ClF3N4O2/c1-12-10-18(29(27-12)17-11-15(21(23,24)25)4-5-16(17)22)26-19(30)13-6-8-28(9-7-13)20(31)14-2-3-14/h4-5,10-11,13-14H,2-3,6-9H2,1H3,(H,26,30). The Hall–Kier alpha value is -2.55. The highest BCUT2D eigenvalue weighted by atomic mass is 35.5. The van der Waals surface area contributed by atoms with Gasteiger partial charge in [-0.1, -0.05) is 11.6 Å². The normalized spacial score (nSPS) is 17.6. The number of piperidine rings is 1. The van der Waals surface area contributed by atoms with Crippen molar-refractivity contribution in [3.63, 3.8) is 0 Å². The van der Waals surface area contributed by atoms with Crippen LogP contribution in [0, 0.1) is 18.8 Å². The number of halogens is 4. The number of nitrogens with one attached hydrogen (secondary N) is 1. The van der Waals surface area contributed by atoms with E-state index in [-0.39, 0.29) is 40.2 Å². The van der Waals surface area contributed by atoms with Crippen LogP contribution in [-0.4, -0.2) is 39.6 Å². The Bertz CT molecular complexity index is 1010. The molecule has 4 rings (SSSR count). The summed E-state index contributed by atoms with van der Waals surface area (Å²) in [6, 6.07) is 4.55. The number of carbonyl (C=O) groups excluding carboxylic acids is 2. The minimum atomic E-state index is -4.53. The molecular weight excluding hydrogens is 433 g/mol. The lowest BCUT2D eigenvalue weighted by molar-refractivity contribution is -0.137. The first-order valence-electron chi connectivity index (χ1n) is 10.2. The van der Waals surface area contributed by atoms with E-state index in [1.54, 1.807) is 13.0 Å². The van der Waals surface area contributed by atoms with Crippen LogP contribution in [0.1, 0.15) is 36.9 Å². The zero-order valence-corrected chi connectivity index (χ0v) is 17.6. The Balaban J connectivity index is 1.49. The SMILES string of the molecule is Cc1cc(NC(=O)C2CCN(C(=O)C3CC3)CC2)n(-c2cc(C(F)(F)F)ccc2Cl)n1. The van der Waals surface area contributed by atoms with Gasteiger partial charge in [-0.15, -0.1) is 0 Å². The van der Waals surface area contributed by atoms with Gasteiger partial charge in [0.1, 0.15) is 5.82 Å². The van der Waals surface area contributed by atoms with E-state index in [4.69, 9.17) is 11.6 Å². The van der Waals surface area contributed by atoms with Gasteiger partial charge in [0.15, 0.2) is 0 Å². The molecule has 166 valence electrons. The molecule has 1 aliphatic carbocycles. The highest BCUT2D eigenvalue weighted by molar-refractivity contribution is 6.32. The van der Waals surface area contributed by atoms with Crippen LogP contribution in [0.2, 0.25) is 5.02 Å². The lowest BCUT2D eigenvalue weighted by atomic mass is 9.95. The minimum Gasteiger partial charge on any atom is -0.342 e. The van der Waals surface area contributed by atoms with Gasteiger partial charge in [0.25, 0.3) is 0 Å². The predicted molar refractivity (Wildman–Crippen MR) is 109 cm³/mol. The van der Waals surface area contributed by atoms with Crippen molar-refractivity contribution in [2.24, 2.45) is 11.8 Å². The minimum absolute atomic E-state index is 0.0322. The van der Waals surface area contributed by atoms with Gasteiger partial charge in [0.2, 0.25) is 11.8 Å². The highest BCUT2D eigenvalue weighted by Crippen LogP contribution is 2.35. The highest BCUT2D eigenvalue weighted by Gasteiger charge is 2.36. The number of likely N-dealkylation sites (tertiary alicyclic amines) is 1. The van der Waals surface area contributed by atoms with E-state index in [2.05, 4.69) is 10.4 Å². The van der Waals surface area contributed by atoms with Gasteiger partial charge in [-0.25, -0.2) is 4.68 Å². The third-order valence-electron chi connectivity index (χ3n) is 5.69. The van der Waals surface area contributed by atoms with E-state index in [0.29, 0.717) is 31.6 Å². The Kier molecular flexibility index (Phi) is 5.72. The Morgan fingerprint density at radius 2 is 1.77 bits per heavy atom. The van der Waals surface area contributed by atoms with Crippen LogP contribution in [0.4, 0.5) is 19.0 Å². The fraction of sp³-hybridized carbons (Fsp3) is 0.476. The van der Waals surface area contributed by atoms with E-state index in [1.165, 1.54) is 4.68 Å². The van der Waals surface area contributed by atoms with Gasteiger partial charge in [-0.05, 0) is 50.8 Å². The molecule has 1 aromatic heterocycles. The Morgan fingerprint density at radius 1 is 1.10 bits per heavy atom. The zero-order chi connectivity index (χ0) is 22.3. The summed E-state index contributed by atoms with van der Waals surface area (Å²) in [5.74, 6) is 0.0403. The van der Waals surface area contributed by atoms with Gasteiger partial charge >= 0.3 is 6.18 Å². The molecule has 0 atom stereocenters. The maximum atomic E-state index is 13.1. The molecule has 2 heterocycles. The second-order valence-electron chi connectivity index (χ2n) is 8.11. The van der Waals surface area contributed by atoms with Crippen molar-refractivity contribution in [3.05, 3.63) is 40.5 Å². The van der Waals surface area contributed by atoms with Gasteiger partial charge in [0.05, 0.1) is 22.0 Å². The molecule has 2 aromatic rings. The fourth-order valence-electron chi connectivity index (χ4n) is 3.80. The van der Waals surface area contributed by atoms with Crippen molar-refractivity contribution in [2.75, 3.05) is 18.4 Å². The number of nitrogens with zero attached hydrogens (tertiary/aromatic N) is 3. The van der Waals surface area contributed by atoms with Crippen LogP contribution in [0.3, 0.4) is 0 Å². The molecule has 0 radical (unpaired) electrons. The lowest BCUT2D eigenvalue weighted by Gasteiger charge is -2.31. The number of hydrogen-bond donors (Lipinski definition) is 1. The maximum Gasteiger partial charge on any atom is 0.416 e. The molecule has 1 aliphatic heterocycles. The number of alkyl halides is 3. The van der Waals surface area contributed by atoms with Crippen LogP contribution < -0.4 is 5.32 Å². The molecule has 0 spiro atoms. The smallest absolute Gasteiger partial charge is 0.342 e. The first-order chi connectivity index (χ1) is 14.6. The molecule has 0 unspecified atom stereocenters. The molecule has 0 bridgehead atoms. The van der Waals surface area contributed by atoms with Crippen LogP contribution >= 0.6 is 11.6 Å². The number of benzene rings is 1. The van der Waals surface area contributed by atoms with Gasteiger partial charge in [0, 0.05) is 31.0 Å². The molecule has 1 saturated carbocycles. The van der Waals surface area contributed by atoms with E-state index >= 15 is 0 Å². The monoisotopic (exact) mass is 454 g/mol. The molecular formula is C21H22ClF3N4O2. The van der Waals surface area contributed by atoms with E-state index in [0.717, 1.165) is 31.0 Å². The fourth-order valence-corrected chi connectivity index (χ4v) is 4.00. The molecule has 1 aromatic carbocycles. The summed E-state index contributed by atoms with van der Waals surface area (Å²) in [5.41, 5.74) is -0.302. The van der Waals surface area contributed by atoms with Crippen molar-refractivity contribution >= 4 is 29.2 Å². The second kappa shape index (κ2) is 8.18. The van der Waals surface area contributed by atoms with Crippen LogP contribution in [0.25, 0.3) is 5.69 Å². The first kappa shape index (κ1) is 21.7. The van der Waals surface area contributed by atoms with Gasteiger partial charge in [-0.2, -0.15) is 18.3 Å². The lowest BCUT2D eigenvalue weighted by Crippen LogP contribution is -2.42. The summed E-state index contributed by atoms with van der Waals surface area (Å²) in [6.07, 6.45) is -1.55. The molecule has 2 fully saturated rings. The number of anilines is 1. The summed E-state index contributed by atoms with van der Waals surface area (Å²) in [7, 11) is 0. The summed E-state index contributed by atoms with van der Waals surface area (Å²) < 4.78 is 40.7. The van der Waals surface area contributed by atoms with Crippen LogP contribution in [-0.2, 0) is 15.8 Å². The van der Waals surface area contributed by atoms with E-state index < -0.39 is 11.7 Å². The first-order valence-corrected chi connectivity index (χ1v) is 10.5. The van der Waals surface area contributed by atoms with Crippen LogP contribution in [0.5, 0.6) is 0 Å². The molecule has 1 N–H and O–H groups in total. The number of aryl methyl sites for hydroxylation is 1. The Labute approximate surface area is 182 Å². The number of amides is 2. The molecule has 10 heteroatoms. The number of aromatic nitrogens is 2. The van der Waals surface area contributed by atoms with E-state index in [9.17, 15) is 22.8 Å². The molecule has 2 aliphatic rings. The molecule has 6 nitrogen and oxygen atoms in total. The maximum absolute atomic E-state index is 13.1. The average molecular weight is 455 g/mol. The Morgan fingerprint density at radius 3 is 2.39 bits per heavy atom. The predicted octanol–water partition coefficient (Wildman–Crippen LogP) is 4.44. The third-order valence-corrected chi connectivity index (χ3v) is 6.01. The summed E-state index contributed by atoms with van der Waals surface area (Å²) in [5, 5.41) is 7.09.